The number of hydrogen-bond acceptors (Lipinski definition) is 4. The van der Waals surface area contributed by atoms with E-state index in [1.165, 1.54) is 0 Å². The van der Waals surface area contributed by atoms with Crippen LogP contribution in [-0.4, -0.2) is 16.0 Å². The zero-order valence-corrected chi connectivity index (χ0v) is 17.8. The summed E-state index contributed by atoms with van der Waals surface area (Å²) in [5.41, 5.74) is 6.92. The first-order valence-corrected chi connectivity index (χ1v) is 9.97. The van der Waals surface area contributed by atoms with Gasteiger partial charge >= 0.3 is 0 Å². The summed E-state index contributed by atoms with van der Waals surface area (Å²) in [6.07, 6.45) is 0. The zero-order valence-electron chi connectivity index (χ0n) is 16.9. The number of carbonyl (C=O) groups excluding carboxylic acids is 1. The molecule has 0 radical (unpaired) electrons. The van der Waals surface area contributed by atoms with E-state index in [2.05, 4.69) is 15.6 Å². The molecule has 150 valence electrons. The predicted octanol–water partition coefficient (Wildman–Crippen LogP) is 5.55. The number of carbonyl (C=O) groups is 1. The number of nitrogens with zero attached hydrogens (tertiary/aromatic N) is 1. The van der Waals surface area contributed by atoms with E-state index >= 15 is 0 Å². The van der Waals surface area contributed by atoms with Crippen molar-refractivity contribution >= 4 is 40.0 Å². The van der Waals surface area contributed by atoms with E-state index < -0.39 is 0 Å². The Bertz CT molecular complexity index is 1260. The molecule has 5 nitrogen and oxygen atoms in total. The van der Waals surface area contributed by atoms with Crippen LogP contribution < -0.4 is 10.6 Å². The van der Waals surface area contributed by atoms with Crippen LogP contribution in [0.4, 0.5) is 5.69 Å². The summed E-state index contributed by atoms with van der Waals surface area (Å²) in [5.74, 6) is 0.281. The first-order valence-electron chi connectivity index (χ1n) is 9.56. The third kappa shape index (κ3) is 4.23. The van der Waals surface area contributed by atoms with Gasteiger partial charge in [-0.3, -0.25) is 10.1 Å². The molecule has 1 aromatic heterocycles. The fourth-order valence-corrected chi connectivity index (χ4v) is 3.29. The van der Waals surface area contributed by atoms with Gasteiger partial charge in [0.1, 0.15) is 5.52 Å². The molecular formula is C24H21N3O2S. The van der Waals surface area contributed by atoms with E-state index in [4.69, 9.17) is 16.6 Å². The van der Waals surface area contributed by atoms with Crippen LogP contribution >= 0.6 is 12.2 Å². The van der Waals surface area contributed by atoms with Crippen molar-refractivity contribution in [3.05, 3.63) is 82.9 Å². The van der Waals surface area contributed by atoms with Gasteiger partial charge in [-0.2, -0.15) is 0 Å². The first-order chi connectivity index (χ1) is 14.4. The highest BCUT2D eigenvalue weighted by molar-refractivity contribution is 7.80. The Morgan fingerprint density at radius 1 is 0.933 bits per heavy atom. The molecule has 0 spiro atoms. The zero-order chi connectivity index (χ0) is 21.3. The number of amides is 1. The number of hydrogen-bond donors (Lipinski definition) is 2. The molecule has 30 heavy (non-hydrogen) atoms. The van der Waals surface area contributed by atoms with E-state index in [0.29, 0.717) is 11.5 Å². The number of benzene rings is 3. The van der Waals surface area contributed by atoms with Gasteiger partial charge in [-0.05, 0) is 80.5 Å². The van der Waals surface area contributed by atoms with Crippen LogP contribution in [0.1, 0.15) is 27.0 Å². The van der Waals surface area contributed by atoms with Crippen LogP contribution in [0.15, 0.2) is 65.1 Å². The standard InChI is InChI=1S/C24H21N3O2S/c1-14-4-8-17(9-5-14)22(28)27-24(30)26-19-13-18(10-7-16(19)3)23-25-20-12-15(2)6-11-21(20)29-23/h4-13H,1-3H3,(H2,26,27,28,30). The fraction of sp³-hybridized carbons (Fsp3) is 0.125. The van der Waals surface area contributed by atoms with Crippen LogP contribution in [0.5, 0.6) is 0 Å². The van der Waals surface area contributed by atoms with Gasteiger partial charge in [0.25, 0.3) is 5.91 Å². The number of nitrogens with one attached hydrogen (secondary N) is 2. The van der Waals surface area contributed by atoms with Crippen LogP contribution in [0, 0.1) is 20.8 Å². The molecule has 0 fully saturated rings. The van der Waals surface area contributed by atoms with Crippen molar-refractivity contribution < 1.29 is 9.21 Å². The Balaban J connectivity index is 1.53. The molecule has 4 aromatic rings. The molecule has 0 unspecified atom stereocenters. The van der Waals surface area contributed by atoms with E-state index in [1.54, 1.807) is 12.1 Å². The molecule has 3 aromatic carbocycles. The molecule has 0 aliphatic carbocycles. The minimum atomic E-state index is -0.254. The van der Waals surface area contributed by atoms with E-state index in [1.807, 2.05) is 69.3 Å². The summed E-state index contributed by atoms with van der Waals surface area (Å²) < 4.78 is 5.90. The molecule has 0 aliphatic rings. The maximum atomic E-state index is 12.4. The molecule has 1 heterocycles. The van der Waals surface area contributed by atoms with Gasteiger partial charge < -0.3 is 9.73 Å². The minimum Gasteiger partial charge on any atom is -0.436 e. The highest BCUT2D eigenvalue weighted by Gasteiger charge is 2.12. The lowest BCUT2D eigenvalue weighted by Gasteiger charge is -2.12. The number of oxazole rings is 1. The average Bonchev–Trinajstić information content (AvgIpc) is 3.13. The van der Waals surface area contributed by atoms with Gasteiger partial charge in [0, 0.05) is 16.8 Å². The molecule has 0 saturated heterocycles. The van der Waals surface area contributed by atoms with Gasteiger partial charge in [0.05, 0.1) is 0 Å². The lowest BCUT2D eigenvalue weighted by molar-refractivity contribution is 0.0977. The summed E-state index contributed by atoms with van der Waals surface area (Å²) in [6.45, 7) is 5.96. The topological polar surface area (TPSA) is 67.2 Å². The number of rotatable bonds is 3. The normalized spacial score (nSPS) is 10.8. The van der Waals surface area contributed by atoms with Crippen molar-refractivity contribution in [2.24, 2.45) is 0 Å². The van der Waals surface area contributed by atoms with Crippen molar-refractivity contribution in [2.75, 3.05) is 5.32 Å². The number of anilines is 1. The highest BCUT2D eigenvalue weighted by atomic mass is 32.1. The second-order valence-corrected chi connectivity index (χ2v) is 7.70. The molecule has 0 bridgehead atoms. The summed E-state index contributed by atoms with van der Waals surface area (Å²) >= 11 is 5.34. The minimum absolute atomic E-state index is 0.231. The quantitative estimate of drug-likeness (QED) is 0.430. The van der Waals surface area contributed by atoms with Crippen molar-refractivity contribution in [3.8, 4) is 11.5 Å². The van der Waals surface area contributed by atoms with Crippen LogP contribution in [0.3, 0.4) is 0 Å². The fourth-order valence-electron chi connectivity index (χ4n) is 3.08. The maximum Gasteiger partial charge on any atom is 0.257 e. The molecule has 1 amide bonds. The molecule has 0 saturated carbocycles. The van der Waals surface area contributed by atoms with Crippen LogP contribution in [0.25, 0.3) is 22.6 Å². The number of aryl methyl sites for hydroxylation is 3. The Labute approximate surface area is 180 Å². The SMILES string of the molecule is Cc1ccc(C(=O)NC(=S)Nc2cc(-c3nc4cc(C)ccc4o3)ccc2C)cc1. The molecule has 6 heteroatoms. The number of fused-ring (bicyclic) bond motifs is 1. The Kier molecular flexibility index (Phi) is 5.33. The summed E-state index contributed by atoms with van der Waals surface area (Å²) in [7, 11) is 0. The van der Waals surface area contributed by atoms with Crippen LogP contribution in [-0.2, 0) is 0 Å². The number of aromatic nitrogens is 1. The largest absolute Gasteiger partial charge is 0.436 e. The summed E-state index contributed by atoms with van der Waals surface area (Å²) in [5, 5.41) is 6.06. The Morgan fingerprint density at radius 3 is 2.43 bits per heavy atom. The molecule has 0 aliphatic heterocycles. The summed E-state index contributed by atoms with van der Waals surface area (Å²) in [6, 6.07) is 19.1. The van der Waals surface area contributed by atoms with E-state index in [9.17, 15) is 4.79 Å². The Morgan fingerprint density at radius 2 is 1.67 bits per heavy atom. The summed E-state index contributed by atoms with van der Waals surface area (Å²) in [4.78, 5) is 17.0. The third-order valence-electron chi connectivity index (χ3n) is 4.82. The molecule has 4 rings (SSSR count). The van der Waals surface area contributed by atoms with Crippen molar-refractivity contribution in [2.45, 2.75) is 20.8 Å². The maximum absolute atomic E-state index is 12.4. The second kappa shape index (κ2) is 8.08. The van der Waals surface area contributed by atoms with Gasteiger partial charge in [0.2, 0.25) is 5.89 Å². The molecular weight excluding hydrogens is 394 g/mol. The smallest absolute Gasteiger partial charge is 0.257 e. The monoisotopic (exact) mass is 415 g/mol. The molecule has 0 atom stereocenters. The van der Waals surface area contributed by atoms with Gasteiger partial charge in [-0.15, -0.1) is 0 Å². The van der Waals surface area contributed by atoms with Crippen molar-refractivity contribution in [3.63, 3.8) is 0 Å². The van der Waals surface area contributed by atoms with Gasteiger partial charge in [0.15, 0.2) is 10.7 Å². The van der Waals surface area contributed by atoms with Gasteiger partial charge in [-0.1, -0.05) is 29.8 Å². The van der Waals surface area contributed by atoms with Crippen LogP contribution in [0.2, 0.25) is 0 Å². The average molecular weight is 416 g/mol. The lowest BCUT2D eigenvalue weighted by Crippen LogP contribution is -2.34. The van der Waals surface area contributed by atoms with Crippen molar-refractivity contribution in [1.82, 2.24) is 10.3 Å². The van der Waals surface area contributed by atoms with E-state index in [0.717, 1.165) is 39.0 Å². The van der Waals surface area contributed by atoms with E-state index in [-0.39, 0.29) is 11.0 Å². The number of thiocarbonyl (C=S) groups is 1. The Hall–Kier alpha value is -3.51. The molecule has 2 N–H and O–H groups in total. The third-order valence-corrected chi connectivity index (χ3v) is 5.02. The highest BCUT2D eigenvalue weighted by Crippen LogP contribution is 2.28. The second-order valence-electron chi connectivity index (χ2n) is 7.29. The van der Waals surface area contributed by atoms with Crippen molar-refractivity contribution in [1.29, 1.82) is 0 Å². The predicted molar refractivity (Wildman–Crippen MR) is 124 cm³/mol. The van der Waals surface area contributed by atoms with Gasteiger partial charge in [-0.25, -0.2) is 4.98 Å². The lowest BCUT2D eigenvalue weighted by atomic mass is 10.1. The first kappa shape index (κ1) is 19.8.